The van der Waals surface area contributed by atoms with Gasteiger partial charge in [0, 0.05) is 11.3 Å². The number of nitriles is 1. The number of amides is 1. The molecule has 1 aliphatic carbocycles. The van der Waals surface area contributed by atoms with Crippen LogP contribution in [-0.2, 0) is 4.79 Å². The Morgan fingerprint density at radius 3 is 2.53 bits per heavy atom. The molecular weight excluding hydrogens is 396 g/mol. The van der Waals surface area contributed by atoms with Gasteiger partial charge in [0.1, 0.15) is 23.1 Å². The first-order valence-corrected chi connectivity index (χ1v) is 10.2. The normalized spacial score (nSPS) is 17.3. The molecule has 1 saturated carbocycles. The summed E-state index contributed by atoms with van der Waals surface area (Å²) in [6.07, 6.45) is 5.68. The standard InChI is InChI=1S/C23H18N4O2S/c1-15-12-18(14-25-19(15)13-24)26-21(28)23(9-3-10-23)27(22(26)30)17-7-5-16(6-8-17)20-4-2-11-29-20/h2,4-8,11-12,14H,3,9-10H2,1H3. The molecule has 6 nitrogen and oxygen atoms in total. The number of hydrogen-bond donors (Lipinski definition) is 0. The minimum atomic E-state index is -0.648. The predicted molar refractivity (Wildman–Crippen MR) is 117 cm³/mol. The maximum absolute atomic E-state index is 13.5. The van der Waals surface area contributed by atoms with Crippen molar-refractivity contribution in [2.75, 3.05) is 9.80 Å². The summed E-state index contributed by atoms with van der Waals surface area (Å²) in [4.78, 5) is 21.3. The van der Waals surface area contributed by atoms with E-state index in [2.05, 4.69) is 11.1 Å². The molecule has 2 fully saturated rings. The lowest BCUT2D eigenvalue weighted by molar-refractivity contribution is -0.123. The second-order valence-corrected chi connectivity index (χ2v) is 8.00. The lowest BCUT2D eigenvalue weighted by Crippen LogP contribution is -2.55. The number of nitrogens with zero attached hydrogens (tertiary/aromatic N) is 4. The quantitative estimate of drug-likeness (QED) is 0.584. The van der Waals surface area contributed by atoms with Crippen LogP contribution >= 0.6 is 12.2 Å². The lowest BCUT2D eigenvalue weighted by Gasteiger charge is -2.43. The summed E-state index contributed by atoms with van der Waals surface area (Å²) >= 11 is 5.79. The summed E-state index contributed by atoms with van der Waals surface area (Å²) in [6.45, 7) is 1.81. The predicted octanol–water partition coefficient (Wildman–Crippen LogP) is 4.58. The summed E-state index contributed by atoms with van der Waals surface area (Å²) in [6, 6.07) is 15.5. The highest BCUT2D eigenvalue weighted by Gasteiger charge is 2.59. The molecule has 1 aliphatic heterocycles. The Hall–Kier alpha value is -3.50. The van der Waals surface area contributed by atoms with Crippen LogP contribution in [0.5, 0.6) is 0 Å². The monoisotopic (exact) mass is 414 g/mol. The van der Waals surface area contributed by atoms with Gasteiger partial charge in [-0.15, -0.1) is 0 Å². The Labute approximate surface area is 179 Å². The molecule has 0 radical (unpaired) electrons. The van der Waals surface area contributed by atoms with Crippen molar-refractivity contribution in [1.82, 2.24) is 4.98 Å². The smallest absolute Gasteiger partial charge is 0.259 e. The molecule has 1 amide bonds. The fourth-order valence-electron chi connectivity index (χ4n) is 4.22. The van der Waals surface area contributed by atoms with Gasteiger partial charge >= 0.3 is 0 Å². The molecule has 0 atom stereocenters. The second-order valence-electron chi connectivity index (χ2n) is 7.64. The SMILES string of the molecule is Cc1cc(N2C(=O)C3(CCC3)N(c3ccc(-c4ccco4)cc3)C2=S)cnc1C#N. The Morgan fingerprint density at radius 2 is 1.97 bits per heavy atom. The molecule has 2 aromatic heterocycles. The number of aryl methyl sites for hydroxylation is 1. The molecule has 3 heterocycles. The molecule has 3 aromatic rings. The number of rotatable bonds is 3. The van der Waals surface area contributed by atoms with E-state index in [1.54, 1.807) is 23.4 Å². The molecule has 1 saturated heterocycles. The summed E-state index contributed by atoms with van der Waals surface area (Å²) in [7, 11) is 0. The van der Waals surface area contributed by atoms with Crippen LogP contribution in [-0.4, -0.2) is 21.5 Å². The fraction of sp³-hybridized carbons (Fsp3) is 0.217. The minimum Gasteiger partial charge on any atom is -0.464 e. The van der Waals surface area contributed by atoms with Gasteiger partial charge in [0.05, 0.1) is 18.1 Å². The molecule has 1 spiro atoms. The zero-order chi connectivity index (χ0) is 20.9. The molecule has 2 aliphatic rings. The van der Waals surface area contributed by atoms with E-state index in [4.69, 9.17) is 21.9 Å². The zero-order valence-corrected chi connectivity index (χ0v) is 17.1. The Bertz CT molecular complexity index is 1190. The lowest BCUT2D eigenvalue weighted by atomic mass is 9.75. The topological polar surface area (TPSA) is 73.4 Å². The number of hydrogen-bond acceptors (Lipinski definition) is 5. The first-order valence-electron chi connectivity index (χ1n) is 9.74. The largest absolute Gasteiger partial charge is 0.464 e. The summed E-state index contributed by atoms with van der Waals surface area (Å²) < 4.78 is 5.47. The molecule has 0 unspecified atom stereocenters. The van der Waals surface area contributed by atoms with E-state index in [0.29, 0.717) is 16.5 Å². The van der Waals surface area contributed by atoms with Gasteiger partial charge in [-0.2, -0.15) is 5.26 Å². The number of aromatic nitrogens is 1. The van der Waals surface area contributed by atoms with Crippen LogP contribution in [0, 0.1) is 18.3 Å². The Morgan fingerprint density at radius 1 is 1.20 bits per heavy atom. The first kappa shape index (κ1) is 18.5. The van der Waals surface area contributed by atoms with Crippen LogP contribution < -0.4 is 9.80 Å². The fourth-order valence-corrected chi connectivity index (χ4v) is 4.69. The average Bonchev–Trinajstić information content (AvgIpc) is 3.33. The number of pyridine rings is 1. The van der Waals surface area contributed by atoms with E-state index in [-0.39, 0.29) is 5.91 Å². The maximum atomic E-state index is 13.5. The third-order valence-electron chi connectivity index (χ3n) is 5.95. The average molecular weight is 414 g/mol. The number of furan rings is 1. The van der Waals surface area contributed by atoms with Crippen molar-refractivity contribution < 1.29 is 9.21 Å². The number of thiocarbonyl (C=S) groups is 1. The van der Waals surface area contributed by atoms with Gasteiger partial charge in [0.25, 0.3) is 5.91 Å². The van der Waals surface area contributed by atoms with Crippen molar-refractivity contribution in [2.45, 2.75) is 31.7 Å². The molecule has 148 valence electrons. The molecular formula is C23H18N4O2S. The Balaban J connectivity index is 1.54. The molecule has 1 aromatic carbocycles. The van der Waals surface area contributed by atoms with Gasteiger partial charge in [-0.25, -0.2) is 4.98 Å². The zero-order valence-electron chi connectivity index (χ0n) is 16.3. The summed E-state index contributed by atoms with van der Waals surface area (Å²) in [5.74, 6) is 0.764. The van der Waals surface area contributed by atoms with Crippen LogP contribution in [0.4, 0.5) is 11.4 Å². The van der Waals surface area contributed by atoms with Gasteiger partial charge in [-0.1, -0.05) is 0 Å². The number of carbonyl (C=O) groups excluding carboxylic acids is 1. The maximum Gasteiger partial charge on any atom is 0.259 e. The van der Waals surface area contributed by atoms with Crippen molar-refractivity contribution >= 4 is 34.6 Å². The van der Waals surface area contributed by atoms with E-state index in [0.717, 1.165) is 41.8 Å². The highest BCUT2D eigenvalue weighted by atomic mass is 32.1. The number of benzene rings is 1. The van der Waals surface area contributed by atoms with Crippen LogP contribution in [0.25, 0.3) is 11.3 Å². The molecule has 0 N–H and O–H groups in total. The van der Waals surface area contributed by atoms with E-state index in [9.17, 15) is 4.79 Å². The van der Waals surface area contributed by atoms with Crippen LogP contribution in [0.15, 0.2) is 59.3 Å². The van der Waals surface area contributed by atoms with Gasteiger partial charge in [0.2, 0.25) is 0 Å². The highest BCUT2D eigenvalue weighted by molar-refractivity contribution is 7.81. The summed E-state index contributed by atoms with van der Waals surface area (Å²) in [5, 5.41) is 9.60. The molecule has 30 heavy (non-hydrogen) atoms. The van der Waals surface area contributed by atoms with Crippen molar-refractivity contribution in [3.8, 4) is 17.4 Å². The Kier molecular flexibility index (Phi) is 4.19. The minimum absolute atomic E-state index is 0.0280. The van der Waals surface area contributed by atoms with Gasteiger partial charge in [-0.3, -0.25) is 9.69 Å². The molecule has 0 bridgehead atoms. The van der Waals surface area contributed by atoms with Crippen LogP contribution in [0.2, 0.25) is 0 Å². The van der Waals surface area contributed by atoms with Crippen molar-refractivity contribution in [1.29, 1.82) is 5.26 Å². The van der Waals surface area contributed by atoms with Gasteiger partial charge < -0.3 is 9.32 Å². The van der Waals surface area contributed by atoms with E-state index in [1.807, 2.05) is 48.2 Å². The second kappa shape index (κ2) is 6.78. The van der Waals surface area contributed by atoms with Crippen molar-refractivity contribution in [3.63, 3.8) is 0 Å². The number of anilines is 2. The van der Waals surface area contributed by atoms with Crippen LogP contribution in [0.1, 0.15) is 30.5 Å². The third-order valence-corrected chi connectivity index (χ3v) is 6.32. The van der Waals surface area contributed by atoms with Gasteiger partial charge in [0.15, 0.2) is 5.11 Å². The number of carbonyl (C=O) groups is 1. The van der Waals surface area contributed by atoms with E-state index >= 15 is 0 Å². The van der Waals surface area contributed by atoms with Crippen molar-refractivity contribution in [3.05, 3.63) is 66.2 Å². The molecule has 5 rings (SSSR count). The van der Waals surface area contributed by atoms with Crippen molar-refractivity contribution in [2.24, 2.45) is 0 Å². The van der Waals surface area contributed by atoms with Gasteiger partial charge in [-0.05, 0) is 86.4 Å². The van der Waals surface area contributed by atoms with Crippen LogP contribution in [0.3, 0.4) is 0 Å². The third kappa shape index (κ3) is 2.57. The molecule has 7 heteroatoms. The highest BCUT2D eigenvalue weighted by Crippen LogP contribution is 2.48. The van der Waals surface area contributed by atoms with E-state index < -0.39 is 5.54 Å². The van der Waals surface area contributed by atoms with E-state index in [1.165, 1.54) is 0 Å². The first-order chi connectivity index (χ1) is 14.5. The summed E-state index contributed by atoms with van der Waals surface area (Å²) in [5.41, 5.74) is 2.86.